The summed E-state index contributed by atoms with van der Waals surface area (Å²) >= 11 is 13.4. The highest BCUT2D eigenvalue weighted by atomic mass is 79.9. The predicted molar refractivity (Wildman–Crippen MR) is 90.7 cm³/mol. The molecule has 0 aromatic heterocycles. The Morgan fingerprint density at radius 1 is 1.10 bits per heavy atom. The molecule has 0 saturated heterocycles. The van der Waals surface area contributed by atoms with E-state index in [-0.39, 0.29) is 6.04 Å². The van der Waals surface area contributed by atoms with Gasteiger partial charge in [0, 0.05) is 14.0 Å². The highest BCUT2D eigenvalue weighted by Gasteiger charge is 2.16. The smallest absolute Gasteiger partial charge is 0.120 e. The molecular weight excluding hydrogens is 405 g/mol. The fourth-order valence-electron chi connectivity index (χ4n) is 2.11. The van der Waals surface area contributed by atoms with Crippen LogP contribution < -0.4 is 10.1 Å². The van der Waals surface area contributed by atoms with Crippen LogP contribution in [0.15, 0.2) is 45.3 Å². The first kappa shape index (κ1) is 15.8. The highest BCUT2D eigenvalue weighted by molar-refractivity contribution is 9.11. The van der Waals surface area contributed by atoms with Crippen molar-refractivity contribution in [2.45, 2.75) is 6.04 Å². The molecule has 0 bridgehead atoms. The lowest BCUT2D eigenvalue weighted by atomic mass is 9.99. The van der Waals surface area contributed by atoms with E-state index >= 15 is 0 Å². The maximum absolute atomic E-state index is 6.37. The van der Waals surface area contributed by atoms with Gasteiger partial charge in [0.2, 0.25) is 0 Å². The van der Waals surface area contributed by atoms with E-state index < -0.39 is 0 Å². The molecule has 2 nitrogen and oxygen atoms in total. The van der Waals surface area contributed by atoms with Gasteiger partial charge in [-0.1, -0.05) is 49.5 Å². The number of halogens is 3. The lowest BCUT2D eigenvalue weighted by Gasteiger charge is -2.19. The SMILES string of the molecule is CNC(c1cc(Br)cc(Br)c1)c1ccc(OC)cc1Cl. The van der Waals surface area contributed by atoms with Crippen LogP contribution in [-0.2, 0) is 0 Å². The van der Waals surface area contributed by atoms with Crippen molar-refractivity contribution in [3.05, 3.63) is 61.5 Å². The molecule has 20 heavy (non-hydrogen) atoms. The van der Waals surface area contributed by atoms with E-state index in [2.05, 4.69) is 49.3 Å². The molecule has 0 saturated carbocycles. The summed E-state index contributed by atoms with van der Waals surface area (Å²) in [5.41, 5.74) is 2.14. The number of hydrogen-bond donors (Lipinski definition) is 1. The molecule has 106 valence electrons. The van der Waals surface area contributed by atoms with Crippen molar-refractivity contribution in [1.29, 1.82) is 0 Å². The molecule has 5 heteroatoms. The Labute approximate surface area is 140 Å². The van der Waals surface area contributed by atoms with Crippen LogP contribution in [0.1, 0.15) is 17.2 Å². The maximum atomic E-state index is 6.37. The van der Waals surface area contributed by atoms with E-state index in [9.17, 15) is 0 Å². The zero-order chi connectivity index (χ0) is 14.7. The zero-order valence-corrected chi connectivity index (χ0v) is 15.0. The quantitative estimate of drug-likeness (QED) is 0.737. The van der Waals surface area contributed by atoms with Crippen molar-refractivity contribution in [1.82, 2.24) is 5.32 Å². The molecule has 0 fully saturated rings. The van der Waals surface area contributed by atoms with Crippen LogP contribution in [-0.4, -0.2) is 14.2 Å². The molecule has 1 N–H and O–H groups in total. The second-order valence-electron chi connectivity index (χ2n) is 4.31. The number of rotatable bonds is 4. The van der Waals surface area contributed by atoms with Gasteiger partial charge in [0.15, 0.2) is 0 Å². The van der Waals surface area contributed by atoms with Gasteiger partial charge in [0.25, 0.3) is 0 Å². The topological polar surface area (TPSA) is 21.3 Å². The van der Waals surface area contributed by atoms with Crippen molar-refractivity contribution in [3.8, 4) is 5.75 Å². The minimum atomic E-state index is 0.0159. The van der Waals surface area contributed by atoms with E-state index in [0.717, 1.165) is 25.8 Å². The summed E-state index contributed by atoms with van der Waals surface area (Å²) in [6.07, 6.45) is 0. The van der Waals surface area contributed by atoms with Crippen molar-refractivity contribution < 1.29 is 4.74 Å². The molecule has 0 aliphatic carbocycles. The zero-order valence-electron chi connectivity index (χ0n) is 11.1. The number of methoxy groups -OCH3 is 1. The van der Waals surface area contributed by atoms with Gasteiger partial charge in [-0.25, -0.2) is 0 Å². The van der Waals surface area contributed by atoms with Crippen molar-refractivity contribution in [3.63, 3.8) is 0 Å². The minimum absolute atomic E-state index is 0.0159. The lowest BCUT2D eigenvalue weighted by molar-refractivity contribution is 0.414. The second-order valence-corrected chi connectivity index (χ2v) is 6.55. The Bertz CT molecular complexity index is 599. The van der Waals surface area contributed by atoms with E-state index in [0.29, 0.717) is 5.02 Å². The minimum Gasteiger partial charge on any atom is -0.497 e. The average molecular weight is 420 g/mol. The van der Waals surface area contributed by atoms with E-state index in [4.69, 9.17) is 16.3 Å². The van der Waals surface area contributed by atoms with Gasteiger partial charge in [-0.2, -0.15) is 0 Å². The maximum Gasteiger partial charge on any atom is 0.120 e. The third kappa shape index (κ3) is 3.55. The molecule has 2 aromatic rings. The highest BCUT2D eigenvalue weighted by Crippen LogP contribution is 2.33. The molecule has 2 aromatic carbocycles. The predicted octanol–water partition coefficient (Wildman–Crippen LogP) is 5.18. The summed E-state index contributed by atoms with van der Waals surface area (Å²) in [5, 5.41) is 3.98. The van der Waals surface area contributed by atoms with Crippen LogP contribution in [0.3, 0.4) is 0 Å². The van der Waals surface area contributed by atoms with E-state index in [1.807, 2.05) is 31.3 Å². The van der Waals surface area contributed by atoms with Gasteiger partial charge < -0.3 is 10.1 Å². The van der Waals surface area contributed by atoms with Crippen molar-refractivity contribution in [2.75, 3.05) is 14.2 Å². The molecule has 1 unspecified atom stereocenters. The number of ether oxygens (including phenoxy) is 1. The van der Waals surface area contributed by atoms with Crippen LogP contribution in [0.5, 0.6) is 5.75 Å². The molecule has 0 spiro atoms. The van der Waals surface area contributed by atoms with Gasteiger partial charge in [0.1, 0.15) is 5.75 Å². The molecule has 0 amide bonds. The second kappa shape index (κ2) is 6.94. The Kier molecular flexibility index (Phi) is 5.49. The summed E-state index contributed by atoms with van der Waals surface area (Å²) in [7, 11) is 3.55. The lowest BCUT2D eigenvalue weighted by Crippen LogP contribution is -2.18. The van der Waals surface area contributed by atoms with Crippen LogP contribution in [0.2, 0.25) is 5.02 Å². The van der Waals surface area contributed by atoms with Gasteiger partial charge in [0.05, 0.1) is 13.2 Å². The Morgan fingerprint density at radius 3 is 2.25 bits per heavy atom. The van der Waals surface area contributed by atoms with Gasteiger partial charge in [-0.3, -0.25) is 0 Å². The molecule has 2 rings (SSSR count). The van der Waals surface area contributed by atoms with Crippen LogP contribution >= 0.6 is 43.5 Å². The number of hydrogen-bond acceptors (Lipinski definition) is 2. The molecule has 0 heterocycles. The molecule has 0 aliphatic heterocycles. The van der Waals surface area contributed by atoms with Gasteiger partial charge in [-0.05, 0) is 48.5 Å². The fourth-order valence-corrected chi connectivity index (χ4v) is 3.72. The molecule has 0 aliphatic rings. The summed E-state index contributed by atoms with van der Waals surface area (Å²) in [4.78, 5) is 0. The van der Waals surface area contributed by atoms with Crippen LogP contribution in [0.25, 0.3) is 0 Å². The Balaban J connectivity index is 2.46. The van der Waals surface area contributed by atoms with E-state index in [1.165, 1.54) is 0 Å². The average Bonchev–Trinajstić information content (AvgIpc) is 2.40. The third-order valence-corrected chi connectivity index (χ3v) is 4.27. The normalized spacial score (nSPS) is 12.2. The number of nitrogens with one attached hydrogen (secondary N) is 1. The molecule has 1 atom stereocenters. The van der Waals surface area contributed by atoms with Crippen molar-refractivity contribution >= 4 is 43.5 Å². The van der Waals surface area contributed by atoms with Crippen LogP contribution in [0, 0.1) is 0 Å². The van der Waals surface area contributed by atoms with E-state index in [1.54, 1.807) is 7.11 Å². The summed E-state index contributed by atoms with van der Waals surface area (Å²) in [6.45, 7) is 0. The summed E-state index contributed by atoms with van der Waals surface area (Å²) < 4.78 is 7.23. The van der Waals surface area contributed by atoms with Crippen molar-refractivity contribution in [2.24, 2.45) is 0 Å². The summed E-state index contributed by atoms with van der Waals surface area (Å²) in [5.74, 6) is 0.754. The summed E-state index contributed by atoms with van der Waals surface area (Å²) in [6, 6.07) is 11.9. The number of benzene rings is 2. The molecule has 0 radical (unpaired) electrons. The van der Waals surface area contributed by atoms with Gasteiger partial charge >= 0.3 is 0 Å². The Morgan fingerprint density at radius 2 is 1.75 bits per heavy atom. The molecular formula is C15H14Br2ClNO. The largest absolute Gasteiger partial charge is 0.497 e. The standard InChI is InChI=1S/C15H14Br2ClNO/c1-19-15(9-5-10(16)7-11(17)6-9)13-4-3-12(20-2)8-14(13)18/h3-8,15,19H,1-2H3. The van der Waals surface area contributed by atoms with Gasteiger partial charge in [-0.15, -0.1) is 0 Å². The first-order valence-electron chi connectivity index (χ1n) is 6.02. The fraction of sp³-hybridized carbons (Fsp3) is 0.200. The third-order valence-electron chi connectivity index (χ3n) is 3.03. The first-order valence-corrected chi connectivity index (χ1v) is 7.98. The van der Waals surface area contributed by atoms with Crippen LogP contribution in [0.4, 0.5) is 0 Å². The Hall–Kier alpha value is -0.550. The monoisotopic (exact) mass is 417 g/mol. The first-order chi connectivity index (χ1) is 9.55.